The van der Waals surface area contributed by atoms with Crippen LogP contribution in [0.3, 0.4) is 0 Å². The summed E-state index contributed by atoms with van der Waals surface area (Å²) in [5.74, 6) is -3.57. The Kier molecular flexibility index (Phi) is 4.54. The van der Waals surface area contributed by atoms with Crippen molar-refractivity contribution < 1.29 is 23.2 Å². The lowest BCUT2D eigenvalue weighted by molar-refractivity contribution is -0.133. The summed E-state index contributed by atoms with van der Waals surface area (Å²) >= 11 is 0. The molecule has 144 valence electrons. The fourth-order valence-corrected chi connectivity index (χ4v) is 3.69. The Hall–Kier alpha value is -3.29. The van der Waals surface area contributed by atoms with Gasteiger partial charge in [0.15, 0.2) is 0 Å². The van der Waals surface area contributed by atoms with Crippen molar-refractivity contribution in [2.24, 2.45) is 0 Å². The molecule has 2 aliphatic rings. The highest BCUT2D eigenvalue weighted by Gasteiger charge is 2.30. The van der Waals surface area contributed by atoms with E-state index in [9.17, 15) is 23.2 Å². The molecule has 0 fully saturated rings. The van der Waals surface area contributed by atoms with Crippen LogP contribution >= 0.6 is 0 Å². The SMILES string of the molecule is O=C(Nc1cc2c3c(c1)CCC(=O)N3CCC2)C(=O)Nc1cc(F)ccc1F. The number of amides is 3. The lowest BCUT2D eigenvalue weighted by Crippen LogP contribution is -2.39. The molecule has 0 saturated heterocycles. The smallest absolute Gasteiger partial charge is 0.314 e. The van der Waals surface area contributed by atoms with Gasteiger partial charge >= 0.3 is 11.8 Å². The maximum Gasteiger partial charge on any atom is 0.314 e. The van der Waals surface area contributed by atoms with Crippen molar-refractivity contribution in [3.63, 3.8) is 0 Å². The average Bonchev–Trinajstić information content (AvgIpc) is 2.67. The molecule has 0 unspecified atom stereocenters. The molecule has 0 radical (unpaired) electrons. The average molecular weight is 385 g/mol. The second-order valence-corrected chi connectivity index (χ2v) is 6.82. The highest BCUT2D eigenvalue weighted by molar-refractivity contribution is 6.43. The van der Waals surface area contributed by atoms with Crippen molar-refractivity contribution in [3.05, 3.63) is 53.1 Å². The molecule has 2 aromatic rings. The monoisotopic (exact) mass is 385 g/mol. The molecular formula is C20H17F2N3O3. The molecule has 0 spiro atoms. The van der Waals surface area contributed by atoms with E-state index in [0.717, 1.165) is 47.9 Å². The van der Waals surface area contributed by atoms with Crippen LogP contribution in [0.2, 0.25) is 0 Å². The number of rotatable bonds is 2. The van der Waals surface area contributed by atoms with Crippen LogP contribution in [-0.4, -0.2) is 24.3 Å². The quantitative estimate of drug-likeness (QED) is 0.781. The van der Waals surface area contributed by atoms with Crippen LogP contribution in [-0.2, 0) is 27.2 Å². The molecule has 2 aromatic carbocycles. The van der Waals surface area contributed by atoms with Gasteiger partial charge in [0, 0.05) is 24.7 Å². The normalized spacial score (nSPS) is 15.1. The van der Waals surface area contributed by atoms with Crippen molar-refractivity contribution >= 4 is 34.8 Å². The number of hydrogen-bond donors (Lipinski definition) is 2. The number of carbonyl (C=O) groups is 3. The fraction of sp³-hybridized carbons (Fsp3) is 0.250. The second-order valence-electron chi connectivity index (χ2n) is 6.82. The summed E-state index contributed by atoms with van der Waals surface area (Å²) in [5.41, 5.74) is 2.83. The zero-order valence-corrected chi connectivity index (χ0v) is 14.9. The molecule has 4 rings (SSSR count). The van der Waals surface area contributed by atoms with Crippen LogP contribution in [0.4, 0.5) is 25.8 Å². The highest BCUT2D eigenvalue weighted by atomic mass is 19.1. The molecule has 2 heterocycles. The second kappa shape index (κ2) is 7.03. The van der Waals surface area contributed by atoms with E-state index in [4.69, 9.17) is 0 Å². The van der Waals surface area contributed by atoms with Crippen LogP contribution in [0.1, 0.15) is 24.0 Å². The van der Waals surface area contributed by atoms with Crippen LogP contribution in [0.5, 0.6) is 0 Å². The molecule has 0 atom stereocenters. The minimum absolute atomic E-state index is 0.0988. The van der Waals surface area contributed by atoms with Gasteiger partial charge in [0.1, 0.15) is 11.6 Å². The lowest BCUT2D eigenvalue weighted by Gasteiger charge is -2.35. The molecule has 0 saturated carbocycles. The minimum Gasteiger partial charge on any atom is -0.318 e. The Labute approximate surface area is 159 Å². The number of aryl methyl sites for hydroxylation is 2. The van der Waals surface area contributed by atoms with Gasteiger partial charge in [0.2, 0.25) is 5.91 Å². The zero-order valence-electron chi connectivity index (χ0n) is 14.9. The van der Waals surface area contributed by atoms with Gasteiger partial charge in [0.25, 0.3) is 0 Å². The van der Waals surface area contributed by atoms with Crippen molar-refractivity contribution in [2.75, 3.05) is 22.1 Å². The van der Waals surface area contributed by atoms with Crippen molar-refractivity contribution in [1.29, 1.82) is 0 Å². The number of nitrogens with one attached hydrogen (secondary N) is 2. The van der Waals surface area contributed by atoms with E-state index in [1.165, 1.54) is 0 Å². The summed E-state index contributed by atoms with van der Waals surface area (Å²) in [6.07, 6.45) is 2.58. The molecule has 0 aliphatic carbocycles. The summed E-state index contributed by atoms with van der Waals surface area (Å²) in [5, 5.41) is 4.57. The third kappa shape index (κ3) is 3.33. The van der Waals surface area contributed by atoms with E-state index in [0.29, 0.717) is 25.1 Å². The van der Waals surface area contributed by atoms with E-state index >= 15 is 0 Å². The zero-order chi connectivity index (χ0) is 19.8. The third-order valence-corrected chi connectivity index (χ3v) is 4.92. The summed E-state index contributed by atoms with van der Waals surface area (Å²) in [6, 6.07) is 6.08. The van der Waals surface area contributed by atoms with Gasteiger partial charge in [-0.2, -0.15) is 0 Å². The molecule has 6 nitrogen and oxygen atoms in total. The number of anilines is 3. The largest absolute Gasteiger partial charge is 0.318 e. The van der Waals surface area contributed by atoms with Crippen molar-refractivity contribution in [2.45, 2.75) is 25.7 Å². The predicted octanol–water partition coefficient (Wildman–Crippen LogP) is 2.77. The number of halogens is 2. The van der Waals surface area contributed by atoms with Crippen molar-refractivity contribution in [1.82, 2.24) is 0 Å². The topological polar surface area (TPSA) is 78.5 Å². The van der Waals surface area contributed by atoms with Crippen LogP contribution in [0.15, 0.2) is 30.3 Å². The Morgan fingerprint density at radius 1 is 0.929 bits per heavy atom. The summed E-state index contributed by atoms with van der Waals surface area (Å²) in [4.78, 5) is 38.1. The van der Waals surface area contributed by atoms with Crippen LogP contribution in [0, 0.1) is 11.6 Å². The van der Waals surface area contributed by atoms with Gasteiger partial charge in [0.05, 0.1) is 11.4 Å². The van der Waals surface area contributed by atoms with E-state index in [1.54, 1.807) is 17.0 Å². The van der Waals surface area contributed by atoms with E-state index < -0.39 is 29.1 Å². The van der Waals surface area contributed by atoms with Crippen molar-refractivity contribution in [3.8, 4) is 0 Å². The molecule has 0 aromatic heterocycles. The highest BCUT2D eigenvalue weighted by Crippen LogP contribution is 2.37. The fourth-order valence-electron chi connectivity index (χ4n) is 3.69. The van der Waals surface area contributed by atoms with Gasteiger partial charge < -0.3 is 15.5 Å². The molecule has 2 aliphatic heterocycles. The van der Waals surface area contributed by atoms with Gasteiger partial charge in [-0.15, -0.1) is 0 Å². The van der Waals surface area contributed by atoms with Gasteiger partial charge in [-0.3, -0.25) is 14.4 Å². The van der Waals surface area contributed by atoms with Gasteiger partial charge in [-0.05, 0) is 54.7 Å². The standard InChI is InChI=1S/C20H17F2N3O3/c21-13-4-5-15(22)16(10-13)24-20(28)19(27)23-14-8-11-2-1-7-25-17(26)6-3-12(9-14)18(11)25/h4-5,8-10H,1-3,6-7H2,(H,23,27)(H,24,28). The molecule has 0 bridgehead atoms. The van der Waals surface area contributed by atoms with E-state index in [-0.39, 0.29) is 5.91 Å². The molecule has 3 amide bonds. The molecule has 28 heavy (non-hydrogen) atoms. The molecular weight excluding hydrogens is 368 g/mol. The number of carbonyl (C=O) groups excluding carboxylic acids is 3. The first kappa shape index (κ1) is 18.1. The van der Waals surface area contributed by atoms with E-state index in [2.05, 4.69) is 10.6 Å². The van der Waals surface area contributed by atoms with Crippen LogP contribution in [0.25, 0.3) is 0 Å². The third-order valence-electron chi connectivity index (χ3n) is 4.92. The summed E-state index contributed by atoms with van der Waals surface area (Å²) in [6.45, 7) is 0.687. The number of nitrogens with zero attached hydrogens (tertiary/aromatic N) is 1. The number of hydrogen-bond acceptors (Lipinski definition) is 3. The summed E-state index contributed by atoms with van der Waals surface area (Å²) in [7, 11) is 0. The first-order valence-electron chi connectivity index (χ1n) is 8.96. The molecule has 2 N–H and O–H groups in total. The maximum atomic E-state index is 13.6. The van der Waals surface area contributed by atoms with Gasteiger partial charge in [-0.1, -0.05) is 0 Å². The Balaban J connectivity index is 1.53. The predicted molar refractivity (Wildman–Crippen MR) is 99.1 cm³/mol. The maximum absolute atomic E-state index is 13.6. The molecule has 8 heteroatoms. The number of benzene rings is 2. The first-order chi connectivity index (χ1) is 13.4. The Morgan fingerprint density at radius 2 is 1.64 bits per heavy atom. The lowest BCUT2D eigenvalue weighted by atomic mass is 9.91. The Bertz CT molecular complexity index is 989. The van der Waals surface area contributed by atoms with Gasteiger partial charge in [-0.25, -0.2) is 8.78 Å². The van der Waals surface area contributed by atoms with E-state index in [1.807, 2.05) is 0 Å². The minimum atomic E-state index is -1.10. The first-order valence-corrected chi connectivity index (χ1v) is 8.96. The summed E-state index contributed by atoms with van der Waals surface area (Å²) < 4.78 is 26.8. The Morgan fingerprint density at radius 3 is 2.43 bits per heavy atom. The van der Waals surface area contributed by atoms with Crippen LogP contribution < -0.4 is 15.5 Å².